The zero-order chi connectivity index (χ0) is 17.3. The maximum absolute atomic E-state index is 12.1. The Bertz CT molecular complexity index is 663. The molecule has 2 N–H and O–H groups in total. The molecular formula is C16H25N3O3S. The molecule has 7 heteroatoms. The van der Waals surface area contributed by atoms with Gasteiger partial charge < -0.3 is 10.6 Å². The normalized spacial score (nSPS) is 18.5. The smallest absolute Gasteiger partial charge is 0.242 e. The first kappa shape index (κ1) is 17.6. The van der Waals surface area contributed by atoms with Gasteiger partial charge in [0.2, 0.25) is 15.9 Å². The Morgan fingerprint density at radius 1 is 1.22 bits per heavy atom. The second-order valence-electron chi connectivity index (χ2n) is 6.89. The lowest BCUT2D eigenvalue weighted by atomic mass is 10.1. The molecule has 0 aromatic heterocycles. The number of benzene rings is 1. The van der Waals surface area contributed by atoms with E-state index in [9.17, 15) is 13.2 Å². The van der Waals surface area contributed by atoms with Crippen LogP contribution in [0, 0.1) is 0 Å². The SMILES string of the molecule is C[C@@H](Nc1ccc(N2CCCS2(=O)=O)cc1)C(=O)NC(C)(C)C. The zero-order valence-corrected chi connectivity index (χ0v) is 14.9. The standard InChI is InChI=1S/C16H25N3O3S/c1-12(15(20)18-16(2,3)4)17-13-6-8-14(9-7-13)19-10-5-11-23(19,21)22/h6-9,12,17H,5,10-11H2,1-4H3,(H,18,20)/t12-/m1/s1. The van der Waals surface area contributed by atoms with Gasteiger partial charge in [0.15, 0.2) is 0 Å². The zero-order valence-electron chi connectivity index (χ0n) is 14.1. The third-order valence-electron chi connectivity index (χ3n) is 3.53. The van der Waals surface area contributed by atoms with Crippen LogP contribution in [0.2, 0.25) is 0 Å². The molecule has 0 radical (unpaired) electrons. The van der Waals surface area contributed by atoms with E-state index < -0.39 is 10.0 Å². The van der Waals surface area contributed by atoms with Crippen molar-refractivity contribution in [2.24, 2.45) is 0 Å². The van der Waals surface area contributed by atoms with E-state index in [1.165, 1.54) is 4.31 Å². The van der Waals surface area contributed by atoms with Crippen LogP contribution in [0.15, 0.2) is 24.3 Å². The van der Waals surface area contributed by atoms with Crippen molar-refractivity contribution in [1.82, 2.24) is 5.32 Å². The first-order valence-electron chi connectivity index (χ1n) is 7.77. The molecule has 6 nitrogen and oxygen atoms in total. The van der Waals surface area contributed by atoms with Gasteiger partial charge in [-0.15, -0.1) is 0 Å². The quantitative estimate of drug-likeness (QED) is 0.879. The number of carbonyl (C=O) groups excluding carboxylic acids is 1. The lowest BCUT2D eigenvalue weighted by Crippen LogP contribution is -2.47. The number of anilines is 2. The Morgan fingerprint density at radius 3 is 2.30 bits per heavy atom. The fourth-order valence-electron chi connectivity index (χ4n) is 2.45. The molecule has 0 bridgehead atoms. The monoisotopic (exact) mass is 339 g/mol. The molecule has 1 aromatic carbocycles. The van der Waals surface area contributed by atoms with Crippen LogP contribution < -0.4 is 14.9 Å². The van der Waals surface area contributed by atoms with Gasteiger partial charge in [-0.05, 0) is 58.4 Å². The third kappa shape index (κ3) is 4.60. The summed E-state index contributed by atoms with van der Waals surface area (Å²) in [6.45, 7) is 8.12. The fraction of sp³-hybridized carbons (Fsp3) is 0.562. The van der Waals surface area contributed by atoms with E-state index in [-0.39, 0.29) is 23.2 Å². The number of hydrogen-bond donors (Lipinski definition) is 2. The average Bonchev–Trinajstić information content (AvgIpc) is 2.77. The summed E-state index contributed by atoms with van der Waals surface area (Å²) in [4.78, 5) is 12.1. The molecule has 0 unspecified atom stereocenters. The number of carbonyl (C=O) groups is 1. The highest BCUT2D eigenvalue weighted by Gasteiger charge is 2.28. The van der Waals surface area contributed by atoms with Crippen molar-refractivity contribution in [2.45, 2.75) is 45.7 Å². The van der Waals surface area contributed by atoms with E-state index in [4.69, 9.17) is 0 Å². The van der Waals surface area contributed by atoms with Gasteiger partial charge in [-0.3, -0.25) is 9.10 Å². The van der Waals surface area contributed by atoms with Gasteiger partial charge in [0.05, 0.1) is 11.4 Å². The highest BCUT2D eigenvalue weighted by atomic mass is 32.2. The van der Waals surface area contributed by atoms with Crippen LogP contribution in [0.5, 0.6) is 0 Å². The maximum atomic E-state index is 12.1. The Morgan fingerprint density at radius 2 is 1.83 bits per heavy atom. The van der Waals surface area contributed by atoms with Gasteiger partial charge in [-0.25, -0.2) is 8.42 Å². The van der Waals surface area contributed by atoms with E-state index >= 15 is 0 Å². The van der Waals surface area contributed by atoms with Crippen LogP contribution in [0.25, 0.3) is 0 Å². The highest BCUT2D eigenvalue weighted by Crippen LogP contribution is 2.25. The van der Waals surface area contributed by atoms with Crippen LogP contribution in [-0.4, -0.2) is 38.2 Å². The topological polar surface area (TPSA) is 78.5 Å². The summed E-state index contributed by atoms with van der Waals surface area (Å²) in [6, 6.07) is 6.74. The summed E-state index contributed by atoms with van der Waals surface area (Å²) in [5, 5.41) is 6.04. The summed E-state index contributed by atoms with van der Waals surface area (Å²) in [5.41, 5.74) is 1.17. The first-order valence-corrected chi connectivity index (χ1v) is 9.38. The summed E-state index contributed by atoms with van der Waals surface area (Å²) in [7, 11) is -3.16. The molecule has 128 valence electrons. The third-order valence-corrected chi connectivity index (χ3v) is 5.40. The summed E-state index contributed by atoms with van der Waals surface area (Å²) < 4.78 is 25.2. The lowest BCUT2D eigenvalue weighted by molar-refractivity contribution is -0.122. The van der Waals surface area contributed by atoms with Crippen molar-refractivity contribution in [3.8, 4) is 0 Å². The van der Waals surface area contributed by atoms with E-state index in [1.54, 1.807) is 31.2 Å². The van der Waals surface area contributed by atoms with Crippen LogP contribution in [-0.2, 0) is 14.8 Å². The van der Waals surface area contributed by atoms with Crippen molar-refractivity contribution in [3.63, 3.8) is 0 Å². The van der Waals surface area contributed by atoms with Crippen molar-refractivity contribution in [3.05, 3.63) is 24.3 Å². The molecule has 0 spiro atoms. The van der Waals surface area contributed by atoms with Crippen molar-refractivity contribution < 1.29 is 13.2 Å². The summed E-state index contributed by atoms with van der Waals surface area (Å²) in [5.74, 6) is 0.125. The molecule has 1 aromatic rings. The summed E-state index contributed by atoms with van der Waals surface area (Å²) in [6.07, 6.45) is 0.659. The molecule has 23 heavy (non-hydrogen) atoms. The second kappa shape index (κ2) is 6.39. The number of nitrogens with zero attached hydrogens (tertiary/aromatic N) is 1. The highest BCUT2D eigenvalue weighted by molar-refractivity contribution is 7.93. The predicted molar refractivity (Wildman–Crippen MR) is 93.2 cm³/mol. The molecule has 0 saturated carbocycles. The molecule has 1 atom stereocenters. The number of nitrogens with one attached hydrogen (secondary N) is 2. The molecule has 1 aliphatic heterocycles. The van der Waals surface area contributed by atoms with Crippen LogP contribution >= 0.6 is 0 Å². The largest absolute Gasteiger partial charge is 0.374 e. The van der Waals surface area contributed by atoms with Gasteiger partial charge in [0.1, 0.15) is 6.04 Å². The molecule has 1 aliphatic rings. The van der Waals surface area contributed by atoms with Gasteiger partial charge in [-0.2, -0.15) is 0 Å². The number of amides is 1. The molecule has 1 saturated heterocycles. The molecule has 1 heterocycles. The lowest BCUT2D eigenvalue weighted by Gasteiger charge is -2.24. The van der Waals surface area contributed by atoms with E-state index in [0.29, 0.717) is 18.7 Å². The molecule has 0 aliphatic carbocycles. The second-order valence-corrected chi connectivity index (χ2v) is 8.91. The van der Waals surface area contributed by atoms with Gasteiger partial charge in [-0.1, -0.05) is 0 Å². The molecule has 1 fully saturated rings. The van der Waals surface area contributed by atoms with Crippen molar-refractivity contribution in [1.29, 1.82) is 0 Å². The minimum atomic E-state index is -3.16. The Labute approximate surface area is 138 Å². The van der Waals surface area contributed by atoms with Crippen LogP contribution in [0.1, 0.15) is 34.1 Å². The number of hydrogen-bond acceptors (Lipinski definition) is 4. The predicted octanol–water partition coefficient (Wildman–Crippen LogP) is 1.94. The van der Waals surface area contributed by atoms with E-state index in [2.05, 4.69) is 10.6 Å². The first-order chi connectivity index (χ1) is 10.6. The van der Waals surface area contributed by atoms with Gasteiger partial charge in [0.25, 0.3) is 0 Å². The van der Waals surface area contributed by atoms with Crippen LogP contribution in [0.4, 0.5) is 11.4 Å². The summed E-state index contributed by atoms with van der Waals surface area (Å²) >= 11 is 0. The minimum Gasteiger partial charge on any atom is -0.374 e. The maximum Gasteiger partial charge on any atom is 0.242 e. The van der Waals surface area contributed by atoms with Crippen molar-refractivity contribution in [2.75, 3.05) is 21.9 Å². The van der Waals surface area contributed by atoms with Crippen LogP contribution in [0.3, 0.4) is 0 Å². The average molecular weight is 339 g/mol. The Hall–Kier alpha value is -1.76. The Balaban J connectivity index is 2.02. The number of rotatable bonds is 4. The minimum absolute atomic E-state index is 0.0799. The van der Waals surface area contributed by atoms with E-state index in [1.807, 2.05) is 20.8 Å². The van der Waals surface area contributed by atoms with Crippen molar-refractivity contribution >= 4 is 27.3 Å². The van der Waals surface area contributed by atoms with E-state index in [0.717, 1.165) is 5.69 Å². The molecular weight excluding hydrogens is 314 g/mol. The Kier molecular flexibility index (Phi) is 4.89. The van der Waals surface area contributed by atoms with Gasteiger partial charge >= 0.3 is 0 Å². The molecule has 2 rings (SSSR count). The number of sulfonamides is 1. The van der Waals surface area contributed by atoms with Gasteiger partial charge in [0, 0.05) is 17.8 Å². The molecule has 1 amide bonds. The fourth-order valence-corrected chi connectivity index (χ4v) is 4.01.